The van der Waals surface area contributed by atoms with Crippen LogP contribution in [0.25, 0.3) is 11.1 Å². The Bertz CT molecular complexity index is 1650. The highest BCUT2D eigenvalue weighted by Gasteiger charge is 2.32. The molecular weight excluding hydrogens is 524 g/mol. The van der Waals surface area contributed by atoms with Crippen molar-refractivity contribution in [1.29, 1.82) is 0 Å². The SMILES string of the molecule is CCCCc1nc(=O)c(S(=O)(=O)c2ccc(-c3cccnc3C)cc2)c(O)n1C(CC)c1cc(F)cc(F)c1. The summed E-state index contributed by atoms with van der Waals surface area (Å²) in [4.78, 5) is 20.3. The van der Waals surface area contributed by atoms with E-state index in [2.05, 4.69) is 9.97 Å². The Kier molecular flexibility index (Phi) is 8.25. The smallest absolute Gasteiger partial charge is 0.296 e. The molecule has 2 aromatic heterocycles. The third-order valence-electron chi connectivity index (χ3n) is 6.61. The van der Waals surface area contributed by atoms with Crippen molar-refractivity contribution in [2.24, 2.45) is 0 Å². The normalized spacial score (nSPS) is 12.4. The minimum absolute atomic E-state index is 0.136. The lowest BCUT2D eigenvalue weighted by Gasteiger charge is -2.25. The van der Waals surface area contributed by atoms with Crippen molar-refractivity contribution in [3.63, 3.8) is 0 Å². The van der Waals surface area contributed by atoms with Gasteiger partial charge in [-0.2, -0.15) is 4.98 Å². The van der Waals surface area contributed by atoms with Gasteiger partial charge in [-0.05, 0) is 61.2 Å². The maximum absolute atomic E-state index is 14.1. The van der Waals surface area contributed by atoms with Crippen molar-refractivity contribution in [1.82, 2.24) is 14.5 Å². The van der Waals surface area contributed by atoms with Crippen LogP contribution in [0.5, 0.6) is 5.88 Å². The van der Waals surface area contributed by atoms with Crippen molar-refractivity contribution in [3.05, 3.63) is 99.9 Å². The summed E-state index contributed by atoms with van der Waals surface area (Å²) in [5.41, 5.74) is 1.39. The molecule has 39 heavy (non-hydrogen) atoms. The quantitative estimate of drug-likeness (QED) is 0.282. The van der Waals surface area contributed by atoms with Gasteiger partial charge in [-0.1, -0.05) is 38.5 Å². The number of sulfone groups is 1. The van der Waals surface area contributed by atoms with E-state index in [9.17, 15) is 27.1 Å². The van der Waals surface area contributed by atoms with Crippen LogP contribution in [-0.2, 0) is 16.3 Å². The third kappa shape index (κ3) is 5.61. The molecule has 0 aliphatic heterocycles. The highest BCUT2D eigenvalue weighted by Crippen LogP contribution is 2.34. The standard InChI is InChI=1S/C29H29F2N3O4S/c1-4-6-9-26-33-28(35)27(29(36)34(26)25(5-2)20-15-21(30)17-22(31)16-20)39(37,38)23-12-10-19(11-13-23)24-8-7-14-32-18(24)3/h7-8,10-17,25,36H,4-6,9H2,1-3H3. The fourth-order valence-corrected chi connectivity index (χ4v) is 6.02. The molecule has 2 aromatic carbocycles. The Morgan fingerprint density at radius 2 is 1.69 bits per heavy atom. The fourth-order valence-electron chi connectivity index (χ4n) is 4.68. The van der Waals surface area contributed by atoms with Crippen LogP contribution in [0.3, 0.4) is 0 Å². The summed E-state index contributed by atoms with van der Waals surface area (Å²) in [7, 11) is -4.52. The van der Waals surface area contributed by atoms with Crippen LogP contribution in [0.4, 0.5) is 8.78 Å². The molecule has 1 N–H and O–H groups in total. The number of hydrogen-bond acceptors (Lipinski definition) is 6. The molecule has 0 saturated heterocycles. The van der Waals surface area contributed by atoms with Crippen molar-refractivity contribution in [2.75, 3.05) is 0 Å². The molecule has 0 spiro atoms. The molecule has 2 heterocycles. The Morgan fingerprint density at radius 1 is 1.03 bits per heavy atom. The van der Waals surface area contributed by atoms with Gasteiger partial charge in [0.25, 0.3) is 5.56 Å². The second kappa shape index (κ2) is 11.4. The molecule has 7 nitrogen and oxygen atoms in total. The lowest BCUT2D eigenvalue weighted by Crippen LogP contribution is -2.27. The van der Waals surface area contributed by atoms with Crippen molar-refractivity contribution in [2.45, 2.75) is 62.3 Å². The van der Waals surface area contributed by atoms with Crippen LogP contribution < -0.4 is 5.56 Å². The van der Waals surface area contributed by atoms with E-state index in [1.165, 1.54) is 16.7 Å². The zero-order valence-corrected chi connectivity index (χ0v) is 22.7. The van der Waals surface area contributed by atoms with E-state index in [0.717, 1.165) is 41.4 Å². The maximum Gasteiger partial charge on any atom is 0.296 e. The summed E-state index contributed by atoms with van der Waals surface area (Å²) >= 11 is 0. The number of aromatic hydroxyl groups is 1. The molecule has 0 aliphatic carbocycles. The number of rotatable bonds is 9. The molecular formula is C29H29F2N3O4S. The predicted octanol–water partition coefficient (Wildman–Crippen LogP) is 5.77. The number of benzene rings is 2. The van der Waals surface area contributed by atoms with E-state index in [-0.39, 0.29) is 29.1 Å². The predicted molar refractivity (Wildman–Crippen MR) is 143 cm³/mol. The van der Waals surface area contributed by atoms with Crippen molar-refractivity contribution < 1.29 is 22.3 Å². The Labute approximate surface area is 225 Å². The molecule has 204 valence electrons. The van der Waals surface area contributed by atoms with Gasteiger partial charge in [0, 0.05) is 29.9 Å². The summed E-state index contributed by atoms with van der Waals surface area (Å²) in [6, 6.07) is 11.6. The van der Waals surface area contributed by atoms with Crippen LogP contribution in [0, 0.1) is 18.6 Å². The molecule has 0 aliphatic rings. The number of pyridine rings is 1. The van der Waals surface area contributed by atoms with Crippen LogP contribution in [0.2, 0.25) is 0 Å². The number of unbranched alkanes of at least 4 members (excludes halogenated alkanes) is 1. The fraction of sp³-hybridized carbons (Fsp3) is 0.276. The minimum Gasteiger partial charge on any atom is -0.493 e. The first kappa shape index (κ1) is 28.1. The van der Waals surface area contributed by atoms with E-state index in [1.54, 1.807) is 31.3 Å². The topological polar surface area (TPSA) is 102 Å². The molecule has 0 saturated carbocycles. The Morgan fingerprint density at radius 3 is 2.28 bits per heavy atom. The molecule has 0 bridgehead atoms. The van der Waals surface area contributed by atoms with Crippen LogP contribution in [-0.4, -0.2) is 28.1 Å². The average Bonchev–Trinajstić information content (AvgIpc) is 2.89. The number of halogens is 2. The van der Waals surface area contributed by atoms with Crippen LogP contribution >= 0.6 is 0 Å². The number of nitrogens with zero attached hydrogens (tertiary/aromatic N) is 3. The Hall–Kier alpha value is -3.92. The van der Waals surface area contributed by atoms with E-state index in [4.69, 9.17) is 0 Å². The molecule has 4 aromatic rings. The highest BCUT2D eigenvalue weighted by atomic mass is 32.2. The van der Waals surface area contributed by atoms with Crippen molar-refractivity contribution in [3.8, 4) is 17.0 Å². The van der Waals surface area contributed by atoms with Gasteiger partial charge < -0.3 is 5.11 Å². The second-order valence-electron chi connectivity index (χ2n) is 9.25. The van der Waals surface area contributed by atoms with Crippen molar-refractivity contribution >= 4 is 9.84 Å². The summed E-state index contributed by atoms with van der Waals surface area (Å²) in [5, 5.41) is 11.4. The largest absolute Gasteiger partial charge is 0.493 e. The van der Waals surface area contributed by atoms with E-state index >= 15 is 0 Å². The number of aryl methyl sites for hydroxylation is 2. The number of aromatic nitrogens is 3. The molecule has 4 rings (SSSR count). The van der Waals surface area contributed by atoms with E-state index in [1.807, 2.05) is 19.9 Å². The molecule has 0 fully saturated rings. The van der Waals surface area contributed by atoms with Gasteiger partial charge in [-0.25, -0.2) is 17.2 Å². The van der Waals surface area contributed by atoms with Gasteiger partial charge in [0.05, 0.1) is 10.9 Å². The minimum atomic E-state index is -4.52. The summed E-state index contributed by atoms with van der Waals surface area (Å²) in [6.45, 7) is 5.49. The Balaban J connectivity index is 1.89. The van der Waals surface area contributed by atoms with Crippen LogP contribution in [0.15, 0.2) is 75.4 Å². The monoisotopic (exact) mass is 553 g/mol. The second-order valence-corrected chi connectivity index (χ2v) is 11.1. The first-order valence-corrected chi connectivity index (χ1v) is 14.1. The molecule has 1 atom stereocenters. The molecule has 10 heteroatoms. The van der Waals surface area contributed by atoms with Crippen LogP contribution in [0.1, 0.15) is 56.2 Å². The highest BCUT2D eigenvalue weighted by molar-refractivity contribution is 7.91. The number of hydrogen-bond donors (Lipinski definition) is 1. The summed E-state index contributed by atoms with van der Waals surface area (Å²) < 4.78 is 56.8. The van der Waals surface area contributed by atoms with Gasteiger partial charge >= 0.3 is 0 Å². The van der Waals surface area contributed by atoms with Gasteiger partial charge in [-0.15, -0.1) is 0 Å². The first-order valence-electron chi connectivity index (χ1n) is 12.7. The van der Waals surface area contributed by atoms with Gasteiger partial charge in [-0.3, -0.25) is 14.3 Å². The zero-order chi connectivity index (χ0) is 28.3. The maximum atomic E-state index is 14.1. The zero-order valence-electron chi connectivity index (χ0n) is 21.9. The lowest BCUT2D eigenvalue weighted by molar-refractivity contribution is 0.357. The van der Waals surface area contributed by atoms with Gasteiger partial charge in [0.1, 0.15) is 17.5 Å². The third-order valence-corrected chi connectivity index (χ3v) is 8.39. The van der Waals surface area contributed by atoms with Gasteiger partial charge in [0.2, 0.25) is 15.7 Å². The van der Waals surface area contributed by atoms with E-state index < -0.39 is 43.8 Å². The van der Waals surface area contributed by atoms with E-state index in [0.29, 0.717) is 6.42 Å². The lowest BCUT2D eigenvalue weighted by atomic mass is 10.0. The molecule has 0 radical (unpaired) electrons. The summed E-state index contributed by atoms with van der Waals surface area (Å²) in [6.07, 6.45) is 3.49. The average molecular weight is 554 g/mol. The summed E-state index contributed by atoms with van der Waals surface area (Å²) in [5.74, 6) is -2.31. The molecule has 0 amide bonds. The van der Waals surface area contributed by atoms with Gasteiger partial charge in [0.15, 0.2) is 4.90 Å². The molecule has 1 unspecified atom stereocenters. The first-order chi connectivity index (χ1) is 18.6.